The highest BCUT2D eigenvalue weighted by atomic mass is 35.5. The molecule has 2 aromatic carbocycles. The van der Waals surface area contributed by atoms with Crippen molar-refractivity contribution in [1.82, 2.24) is 35.6 Å². The number of aliphatic hydroxyl groups excluding tert-OH is 1. The lowest BCUT2D eigenvalue weighted by molar-refractivity contribution is -0.122. The van der Waals surface area contributed by atoms with Gasteiger partial charge in [0.2, 0.25) is 17.7 Å². The van der Waals surface area contributed by atoms with E-state index in [-0.39, 0.29) is 42.9 Å². The van der Waals surface area contributed by atoms with Crippen molar-refractivity contribution >= 4 is 40.7 Å². The number of carbonyl (C=O) groups excluding carboxylic acids is 2. The highest BCUT2D eigenvalue weighted by Gasteiger charge is 2.21. The summed E-state index contributed by atoms with van der Waals surface area (Å²) in [5.41, 5.74) is 5.80. The molecule has 4 heterocycles. The molecule has 1 aliphatic rings. The molecule has 52 heavy (non-hydrogen) atoms. The zero-order valence-corrected chi connectivity index (χ0v) is 30.2. The zero-order chi connectivity index (χ0) is 36.8. The molecule has 270 valence electrons. The van der Waals surface area contributed by atoms with Crippen molar-refractivity contribution < 1.29 is 19.4 Å². The number of hydrogen-bond donors (Lipinski definition) is 5. The van der Waals surface area contributed by atoms with Crippen LogP contribution in [0.1, 0.15) is 30.4 Å². The number of hydrogen-bond acceptors (Lipinski definition) is 9. The molecule has 0 radical (unpaired) electrons. The van der Waals surface area contributed by atoms with Gasteiger partial charge >= 0.3 is 0 Å². The lowest BCUT2D eigenvalue weighted by atomic mass is 9.97. The van der Waals surface area contributed by atoms with Crippen LogP contribution in [0, 0.1) is 0 Å². The van der Waals surface area contributed by atoms with Gasteiger partial charge in [0.15, 0.2) is 0 Å². The van der Waals surface area contributed by atoms with Crippen LogP contribution < -0.4 is 31.6 Å². The number of methoxy groups -OCH3 is 1. The molecule has 5 N–H and O–H groups in total. The molecule has 6 rings (SSSR count). The molecule has 2 atom stereocenters. The number of aliphatic hydroxyl groups is 1. The number of nitrogens with one attached hydrogen (secondary N) is 4. The SMILES string of the molecule is CNC(=O)CC(O)CNCc1cnc2cc(-c3cccc(-c4cccc(-c5ccc(CNC[C@@H]6CCC(=O)N6)c(OC)n5)c4Cl)c3Cl)ccn2c1=O. The van der Waals surface area contributed by atoms with Crippen molar-refractivity contribution in [2.75, 3.05) is 27.2 Å². The summed E-state index contributed by atoms with van der Waals surface area (Å²) in [6.07, 6.45) is 3.63. The van der Waals surface area contributed by atoms with Gasteiger partial charge in [0.1, 0.15) is 5.65 Å². The van der Waals surface area contributed by atoms with Crippen LogP contribution in [0.25, 0.3) is 39.2 Å². The lowest BCUT2D eigenvalue weighted by Gasteiger charge is -2.16. The van der Waals surface area contributed by atoms with Crippen LogP contribution in [-0.4, -0.2) is 70.7 Å². The maximum atomic E-state index is 13.2. The summed E-state index contributed by atoms with van der Waals surface area (Å²) >= 11 is 14.2. The largest absolute Gasteiger partial charge is 0.481 e. The molecule has 1 unspecified atom stereocenters. The first-order valence-electron chi connectivity index (χ1n) is 16.9. The van der Waals surface area contributed by atoms with Crippen LogP contribution >= 0.6 is 23.2 Å². The number of amides is 2. The van der Waals surface area contributed by atoms with Crippen molar-refractivity contribution in [1.29, 1.82) is 0 Å². The van der Waals surface area contributed by atoms with Crippen molar-refractivity contribution in [3.63, 3.8) is 0 Å². The first kappa shape index (κ1) is 36.9. The molecule has 12 nitrogen and oxygen atoms in total. The van der Waals surface area contributed by atoms with Crippen molar-refractivity contribution in [2.45, 2.75) is 44.5 Å². The van der Waals surface area contributed by atoms with Gasteiger partial charge in [-0.3, -0.25) is 18.8 Å². The zero-order valence-electron chi connectivity index (χ0n) is 28.7. The van der Waals surface area contributed by atoms with Gasteiger partial charge in [0.25, 0.3) is 5.56 Å². The second-order valence-corrected chi connectivity index (χ2v) is 13.3. The van der Waals surface area contributed by atoms with E-state index in [0.29, 0.717) is 57.9 Å². The lowest BCUT2D eigenvalue weighted by Crippen LogP contribution is -2.35. The van der Waals surface area contributed by atoms with Crippen LogP contribution in [0.3, 0.4) is 0 Å². The average molecular weight is 745 g/mol. The van der Waals surface area contributed by atoms with Gasteiger partial charge in [0.05, 0.1) is 35.4 Å². The third-order valence-electron chi connectivity index (χ3n) is 8.97. The fourth-order valence-corrected chi connectivity index (χ4v) is 6.87. The van der Waals surface area contributed by atoms with Crippen LogP contribution in [0.5, 0.6) is 5.88 Å². The highest BCUT2D eigenvalue weighted by Crippen LogP contribution is 2.42. The number of rotatable bonds is 14. The monoisotopic (exact) mass is 743 g/mol. The highest BCUT2D eigenvalue weighted by molar-refractivity contribution is 6.39. The third-order valence-corrected chi connectivity index (χ3v) is 9.79. The quantitative estimate of drug-likeness (QED) is 0.111. The van der Waals surface area contributed by atoms with Gasteiger partial charge in [-0.1, -0.05) is 65.7 Å². The van der Waals surface area contributed by atoms with Crippen molar-refractivity contribution in [3.8, 4) is 39.4 Å². The van der Waals surface area contributed by atoms with E-state index in [9.17, 15) is 19.5 Å². The number of benzene rings is 2. The molecule has 0 spiro atoms. The van der Waals surface area contributed by atoms with E-state index in [4.69, 9.17) is 32.9 Å². The number of aromatic nitrogens is 3. The molecule has 0 saturated carbocycles. The van der Waals surface area contributed by atoms with Crippen molar-refractivity contribution in [2.24, 2.45) is 0 Å². The molecule has 0 bridgehead atoms. The third kappa shape index (κ3) is 8.27. The van der Waals surface area contributed by atoms with E-state index < -0.39 is 6.10 Å². The molecule has 0 aliphatic carbocycles. The molecule has 2 amide bonds. The van der Waals surface area contributed by atoms with E-state index >= 15 is 0 Å². The predicted molar refractivity (Wildman–Crippen MR) is 201 cm³/mol. The molecule has 1 saturated heterocycles. The minimum atomic E-state index is -0.879. The van der Waals surface area contributed by atoms with E-state index in [2.05, 4.69) is 26.3 Å². The van der Waals surface area contributed by atoms with Gasteiger partial charge in [-0.15, -0.1) is 0 Å². The Bertz CT molecular complexity index is 2180. The summed E-state index contributed by atoms with van der Waals surface area (Å²) in [6.45, 7) is 1.52. The summed E-state index contributed by atoms with van der Waals surface area (Å²) in [5, 5.41) is 22.8. The van der Waals surface area contributed by atoms with Crippen LogP contribution in [0.4, 0.5) is 0 Å². The molecule has 5 aromatic rings. The van der Waals surface area contributed by atoms with Gasteiger partial charge < -0.3 is 31.1 Å². The maximum Gasteiger partial charge on any atom is 0.262 e. The van der Waals surface area contributed by atoms with Crippen LogP contribution in [0.15, 0.2) is 77.9 Å². The van der Waals surface area contributed by atoms with Gasteiger partial charge in [-0.2, -0.15) is 0 Å². The Morgan fingerprint density at radius 1 is 1.00 bits per heavy atom. The number of nitrogens with zero attached hydrogens (tertiary/aromatic N) is 3. The minimum Gasteiger partial charge on any atom is -0.481 e. The second kappa shape index (κ2) is 16.7. The Morgan fingerprint density at radius 2 is 1.71 bits per heavy atom. The Morgan fingerprint density at radius 3 is 2.42 bits per heavy atom. The Balaban J connectivity index is 1.21. The summed E-state index contributed by atoms with van der Waals surface area (Å²) in [5.74, 6) is 0.298. The van der Waals surface area contributed by atoms with E-state index in [1.807, 2.05) is 48.5 Å². The summed E-state index contributed by atoms with van der Waals surface area (Å²) in [6, 6.07) is 19.0. The van der Waals surface area contributed by atoms with Crippen LogP contribution in [-0.2, 0) is 22.7 Å². The van der Waals surface area contributed by atoms with Gasteiger partial charge in [-0.25, -0.2) is 9.97 Å². The molecular formula is C38H39Cl2N7O5. The Labute approximate surface area is 310 Å². The Kier molecular flexibility index (Phi) is 11.8. The van der Waals surface area contributed by atoms with E-state index in [0.717, 1.165) is 34.2 Å². The van der Waals surface area contributed by atoms with Gasteiger partial charge in [-0.05, 0) is 30.2 Å². The second-order valence-electron chi connectivity index (χ2n) is 12.5. The predicted octanol–water partition coefficient (Wildman–Crippen LogP) is 4.36. The number of halogens is 2. The summed E-state index contributed by atoms with van der Waals surface area (Å²) in [7, 11) is 3.09. The van der Waals surface area contributed by atoms with Crippen molar-refractivity contribution in [3.05, 3.63) is 105 Å². The number of pyridine rings is 2. The molecular weight excluding hydrogens is 705 g/mol. The van der Waals surface area contributed by atoms with Gasteiger partial charge in [0, 0.05) is 91.5 Å². The summed E-state index contributed by atoms with van der Waals surface area (Å²) in [4.78, 5) is 45.5. The molecule has 1 fully saturated rings. The molecule has 1 aliphatic heterocycles. The minimum absolute atomic E-state index is 0.0353. The number of carbonyl (C=O) groups is 2. The van der Waals surface area contributed by atoms with E-state index in [1.54, 1.807) is 25.4 Å². The first-order chi connectivity index (χ1) is 25.2. The molecule has 3 aromatic heterocycles. The van der Waals surface area contributed by atoms with E-state index in [1.165, 1.54) is 17.6 Å². The number of ether oxygens (including phenoxy) is 1. The fraction of sp³-hybridized carbons (Fsp3) is 0.289. The summed E-state index contributed by atoms with van der Waals surface area (Å²) < 4.78 is 7.09. The topological polar surface area (TPSA) is 159 Å². The normalized spacial score (nSPS) is 14.7. The Hall–Kier alpha value is -4.85. The standard InChI is InChI=1S/C38H39Cl2N7O5/c1-41-34(50)16-26(48)21-43-18-24-19-44-32-15-22(13-14-47(32)38(24)51)27-5-3-6-28(35(27)39)29-7-4-8-30(36(29)40)31-11-9-23(37(46-31)52-2)17-42-20-25-10-12-33(49)45-25/h3-9,11,13-15,19,25-26,42-43,48H,10,12,16-18,20-21H2,1-2H3,(H,41,50)(H,45,49)/t25-,26?/m0/s1. The molecule has 14 heteroatoms. The average Bonchev–Trinajstić information content (AvgIpc) is 3.57. The number of fused-ring (bicyclic) bond motifs is 1. The van der Waals surface area contributed by atoms with Crippen LogP contribution in [0.2, 0.25) is 10.0 Å². The fourth-order valence-electron chi connectivity index (χ4n) is 6.21. The maximum absolute atomic E-state index is 13.2. The first-order valence-corrected chi connectivity index (χ1v) is 17.6. The smallest absolute Gasteiger partial charge is 0.262 e.